The number of aryl methyl sites for hydroxylation is 2. The van der Waals surface area contributed by atoms with Crippen LogP contribution in [0.1, 0.15) is 25.0 Å². The van der Waals surface area contributed by atoms with Crippen molar-refractivity contribution in [3.8, 4) is 0 Å². The van der Waals surface area contributed by atoms with E-state index < -0.39 is 22.2 Å². The van der Waals surface area contributed by atoms with E-state index in [1.807, 2.05) is 6.92 Å². The fraction of sp³-hybridized carbons (Fsp3) is 0.538. The highest BCUT2D eigenvalue weighted by atomic mass is 32.2. The molecule has 0 aliphatic carbocycles. The molecule has 0 amide bonds. The van der Waals surface area contributed by atoms with E-state index >= 15 is 0 Å². The van der Waals surface area contributed by atoms with Crippen LogP contribution >= 0.6 is 0 Å². The first-order valence-electron chi connectivity index (χ1n) is 6.02. The number of benzene rings is 1. The molecule has 1 fully saturated rings. The third-order valence-electron chi connectivity index (χ3n) is 2.82. The van der Waals surface area contributed by atoms with Crippen LogP contribution in [0, 0.1) is 13.8 Å². The highest BCUT2D eigenvalue weighted by Crippen LogP contribution is 2.27. The first kappa shape index (κ1) is 14.5. The Morgan fingerprint density at radius 1 is 1.32 bits per heavy atom. The third kappa shape index (κ3) is 3.33. The van der Waals surface area contributed by atoms with Gasteiger partial charge in [-0.15, -0.1) is 0 Å². The molecule has 0 bridgehead atoms. The molecule has 1 saturated heterocycles. The van der Waals surface area contributed by atoms with E-state index in [0.717, 1.165) is 5.56 Å². The molecule has 1 aromatic carbocycles. The minimum atomic E-state index is -3.85. The zero-order valence-corrected chi connectivity index (χ0v) is 12.3. The largest absolute Gasteiger partial charge is 0.345 e. The molecule has 0 spiro atoms. The Labute approximate surface area is 113 Å². The second kappa shape index (κ2) is 4.86. The lowest BCUT2D eigenvalue weighted by atomic mass is 10.2. The second-order valence-electron chi connectivity index (χ2n) is 5.08. The molecular formula is C13H18O5S. The Morgan fingerprint density at radius 3 is 2.53 bits per heavy atom. The van der Waals surface area contributed by atoms with Gasteiger partial charge in [0, 0.05) is 0 Å². The van der Waals surface area contributed by atoms with Crippen LogP contribution in [0.2, 0.25) is 0 Å². The minimum Gasteiger partial charge on any atom is -0.345 e. The summed E-state index contributed by atoms with van der Waals surface area (Å²) < 4.78 is 40.0. The van der Waals surface area contributed by atoms with Crippen molar-refractivity contribution in [2.24, 2.45) is 0 Å². The molecule has 1 atom stereocenters. The van der Waals surface area contributed by atoms with Gasteiger partial charge in [-0.05, 0) is 39.3 Å². The minimum absolute atomic E-state index is 0.0944. The summed E-state index contributed by atoms with van der Waals surface area (Å²) in [6, 6.07) is 5.08. The average Bonchev–Trinajstić information content (AvgIpc) is 2.56. The van der Waals surface area contributed by atoms with Crippen molar-refractivity contribution >= 4 is 10.1 Å². The molecule has 0 radical (unpaired) electrons. The zero-order chi connectivity index (χ0) is 14.3. The fourth-order valence-corrected chi connectivity index (χ4v) is 3.14. The van der Waals surface area contributed by atoms with Crippen molar-refractivity contribution in [2.75, 3.05) is 6.61 Å². The molecule has 1 aliphatic heterocycles. The van der Waals surface area contributed by atoms with Gasteiger partial charge in [0.25, 0.3) is 10.1 Å². The van der Waals surface area contributed by atoms with Gasteiger partial charge in [0.2, 0.25) is 6.29 Å². The molecule has 106 valence electrons. The van der Waals surface area contributed by atoms with Gasteiger partial charge in [0.1, 0.15) is 6.61 Å². The normalized spacial score (nSPS) is 22.6. The molecule has 1 heterocycles. The summed E-state index contributed by atoms with van der Waals surface area (Å²) in [6.45, 7) is 7.15. The molecule has 5 nitrogen and oxygen atoms in total. The maximum Gasteiger partial charge on any atom is 0.299 e. The Balaban J connectivity index is 2.19. The lowest BCUT2D eigenvalue weighted by Gasteiger charge is -2.17. The van der Waals surface area contributed by atoms with Crippen LogP contribution in [-0.4, -0.2) is 27.1 Å². The zero-order valence-electron chi connectivity index (χ0n) is 11.5. The Hall–Kier alpha value is -0.950. The standard InChI is InChI=1S/C13H18O5S/c1-9-5-6-11(10(2)7-9)19(14,15)18-12-8-16-13(3,4)17-12/h5-7,12H,8H2,1-4H3/t12-/m0/s1. The van der Waals surface area contributed by atoms with Gasteiger partial charge in [0.15, 0.2) is 5.79 Å². The van der Waals surface area contributed by atoms with Gasteiger partial charge < -0.3 is 9.47 Å². The highest BCUT2D eigenvalue weighted by Gasteiger charge is 2.36. The van der Waals surface area contributed by atoms with E-state index in [1.165, 1.54) is 0 Å². The quantitative estimate of drug-likeness (QED) is 0.796. The highest BCUT2D eigenvalue weighted by molar-refractivity contribution is 7.86. The Morgan fingerprint density at radius 2 is 2.00 bits per heavy atom. The summed E-state index contributed by atoms with van der Waals surface area (Å²) in [7, 11) is -3.85. The summed E-state index contributed by atoms with van der Waals surface area (Å²) >= 11 is 0. The van der Waals surface area contributed by atoms with E-state index in [2.05, 4.69) is 0 Å². The lowest BCUT2D eigenvalue weighted by molar-refractivity contribution is -0.166. The Kier molecular flexibility index (Phi) is 3.70. The van der Waals surface area contributed by atoms with E-state index in [-0.39, 0.29) is 11.5 Å². The topological polar surface area (TPSA) is 61.8 Å². The predicted molar refractivity (Wildman–Crippen MR) is 69.1 cm³/mol. The lowest BCUT2D eigenvalue weighted by Crippen LogP contribution is -2.25. The van der Waals surface area contributed by atoms with E-state index in [9.17, 15) is 8.42 Å². The third-order valence-corrected chi connectivity index (χ3v) is 4.28. The van der Waals surface area contributed by atoms with Crippen molar-refractivity contribution in [3.05, 3.63) is 29.3 Å². The molecule has 1 aliphatic rings. The van der Waals surface area contributed by atoms with Crippen molar-refractivity contribution in [1.29, 1.82) is 0 Å². The van der Waals surface area contributed by atoms with Crippen LogP contribution in [0.25, 0.3) is 0 Å². The van der Waals surface area contributed by atoms with Gasteiger partial charge in [0.05, 0.1) is 4.90 Å². The van der Waals surface area contributed by atoms with Crippen molar-refractivity contribution < 1.29 is 22.1 Å². The van der Waals surface area contributed by atoms with Crippen LogP contribution in [0.5, 0.6) is 0 Å². The van der Waals surface area contributed by atoms with Crippen LogP contribution < -0.4 is 0 Å². The van der Waals surface area contributed by atoms with Crippen molar-refractivity contribution in [2.45, 2.75) is 44.7 Å². The van der Waals surface area contributed by atoms with Gasteiger partial charge in [-0.3, -0.25) is 0 Å². The number of hydrogen-bond acceptors (Lipinski definition) is 5. The molecular weight excluding hydrogens is 268 g/mol. The van der Waals surface area contributed by atoms with Crippen LogP contribution in [0.4, 0.5) is 0 Å². The smallest absolute Gasteiger partial charge is 0.299 e. The SMILES string of the molecule is Cc1ccc(S(=O)(=O)O[C@H]2COC(C)(C)O2)c(C)c1. The van der Waals surface area contributed by atoms with Crippen LogP contribution in [0.3, 0.4) is 0 Å². The molecule has 0 unspecified atom stereocenters. The average molecular weight is 286 g/mol. The van der Waals surface area contributed by atoms with E-state index in [0.29, 0.717) is 5.56 Å². The first-order valence-corrected chi connectivity index (χ1v) is 7.43. The van der Waals surface area contributed by atoms with Gasteiger partial charge in [-0.2, -0.15) is 8.42 Å². The van der Waals surface area contributed by atoms with Crippen LogP contribution in [-0.2, 0) is 23.8 Å². The van der Waals surface area contributed by atoms with Gasteiger partial charge in [-0.25, -0.2) is 4.18 Å². The summed E-state index contributed by atoms with van der Waals surface area (Å²) in [5.41, 5.74) is 1.65. The van der Waals surface area contributed by atoms with E-state index in [1.54, 1.807) is 39.0 Å². The maximum atomic E-state index is 12.2. The number of hydrogen-bond donors (Lipinski definition) is 0. The molecule has 0 N–H and O–H groups in total. The van der Waals surface area contributed by atoms with Gasteiger partial charge in [-0.1, -0.05) is 17.7 Å². The Bertz CT molecular complexity index is 577. The summed E-state index contributed by atoms with van der Waals surface area (Å²) in [4.78, 5) is 0.159. The van der Waals surface area contributed by atoms with Crippen molar-refractivity contribution in [1.82, 2.24) is 0 Å². The number of ether oxygens (including phenoxy) is 2. The molecule has 6 heteroatoms. The molecule has 19 heavy (non-hydrogen) atoms. The second-order valence-corrected chi connectivity index (χ2v) is 6.62. The molecule has 1 aromatic rings. The predicted octanol–water partition coefficient (Wildman–Crippen LogP) is 2.12. The van der Waals surface area contributed by atoms with Crippen molar-refractivity contribution in [3.63, 3.8) is 0 Å². The molecule has 2 rings (SSSR count). The monoisotopic (exact) mass is 286 g/mol. The van der Waals surface area contributed by atoms with Gasteiger partial charge >= 0.3 is 0 Å². The molecule has 0 saturated carbocycles. The van der Waals surface area contributed by atoms with E-state index in [4.69, 9.17) is 13.7 Å². The maximum absolute atomic E-state index is 12.2. The first-order chi connectivity index (χ1) is 8.70. The fourth-order valence-electron chi connectivity index (χ4n) is 1.97. The van der Waals surface area contributed by atoms with Crippen LogP contribution in [0.15, 0.2) is 23.1 Å². The summed E-state index contributed by atoms with van der Waals surface area (Å²) in [5.74, 6) is -0.817. The molecule has 0 aromatic heterocycles. The summed E-state index contributed by atoms with van der Waals surface area (Å²) in [5, 5.41) is 0. The summed E-state index contributed by atoms with van der Waals surface area (Å²) in [6.07, 6.45) is -0.902. The number of rotatable bonds is 3.